The smallest absolute Gasteiger partial charge is 0.308 e. The molecule has 10 heteroatoms. The van der Waals surface area contributed by atoms with Gasteiger partial charge in [-0.25, -0.2) is 0 Å². The summed E-state index contributed by atoms with van der Waals surface area (Å²) in [4.78, 5) is 54.5. The van der Waals surface area contributed by atoms with Crippen molar-refractivity contribution in [2.45, 2.75) is 26.3 Å². The summed E-state index contributed by atoms with van der Waals surface area (Å²) in [5.74, 6) is -8.48. The van der Waals surface area contributed by atoms with Crippen molar-refractivity contribution in [3.8, 4) is 11.5 Å². The molecule has 1 aliphatic rings. The molecule has 0 spiro atoms. The fourth-order valence-electron chi connectivity index (χ4n) is 6.05. The standard InChI is InChI=1S/C38H38N2O8/c1-39(21-25-13-17-29(18-14-25)47-23-27-9-5-3-6-10-27)35(41)31-32(34(38(45)46)33(31)37(43)44)36(42)40(2)22-26-15-19-30(20-16-26)48-24-28-11-7-4-8-12-28/h3-20,31-34H,21-24H2,1-2H3,(H,43,44)(H,45,46)/t31-,32-,33-,34-/m1/s1. The van der Waals surface area contributed by atoms with E-state index in [0.29, 0.717) is 24.7 Å². The number of carboxylic acid groups (broad SMARTS) is 2. The number of aliphatic carboxylic acids is 2. The van der Waals surface area contributed by atoms with Crippen LogP contribution >= 0.6 is 0 Å². The molecule has 2 amide bonds. The predicted molar refractivity (Wildman–Crippen MR) is 177 cm³/mol. The van der Waals surface area contributed by atoms with Crippen LogP contribution in [-0.2, 0) is 45.5 Å². The first-order valence-corrected chi connectivity index (χ1v) is 15.6. The molecule has 5 rings (SSSR count). The molecule has 0 bridgehead atoms. The molecule has 2 N–H and O–H groups in total. The predicted octanol–water partition coefficient (Wildman–Crippen LogP) is 5.11. The number of carbonyl (C=O) groups excluding carboxylic acids is 2. The Hall–Kier alpha value is -5.64. The molecular weight excluding hydrogens is 612 g/mol. The molecule has 0 unspecified atom stereocenters. The van der Waals surface area contributed by atoms with Crippen LogP contribution in [0, 0.1) is 23.7 Å². The molecule has 4 aromatic rings. The molecule has 48 heavy (non-hydrogen) atoms. The first-order valence-electron chi connectivity index (χ1n) is 15.6. The van der Waals surface area contributed by atoms with Gasteiger partial charge < -0.3 is 29.5 Å². The number of carbonyl (C=O) groups is 4. The minimum absolute atomic E-state index is 0.133. The molecule has 0 aliphatic heterocycles. The fraction of sp³-hybridized carbons (Fsp3) is 0.263. The second kappa shape index (κ2) is 15.3. The van der Waals surface area contributed by atoms with Gasteiger partial charge in [0, 0.05) is 27.2 Å². The maximum Gasteiger partial charge on any atom is 0.308 e. The Morgan fingerprint density at radius 3 is 1.15 bits per heavy atom. The topological polar surface area (TPSA) is 134 Å². The Kier molecular flexibility index (Phi) is 10.7. The monoisotopic (exact) mass is 650 g/mol. The summed E-state index contributed by atoms with van der Waals surface area (Å²) in [5.41, 5.74) is 3.57. The minimum atomic E-state index is -1.53. The van der Waals surface area contributed by atoms with Crippen molar-refractivity contribution in [2.75, 3.05) is 14.1 Å². The zero-order chi connectivity index (χ0) is 34.2. The number of rotatable bonds is 14. The van der Waals surface area contributed by atoms with Gasteiger partial charge in [-0.1, -0.05) is 84.9 Å². The van der Waals surface area contributed by atoms with E-state index >= 15 is 0 Å². The van der Waals surface area contributed by atoms with E-state index in [1.165, 1.54) is 23.9 Å². The van der Waals surface area contributed by atoms with Gasteiger partial charge in [0.15, 0.2) is 0 Å². The highest BCUT2D eigenvalue weighted by atomic mass is 16.5. The molecule has 4 aromatic carbocycles. The number of amides is 2. The van der Waals surface area contributed by atoms with Gasteiger partial charge in [0.2, 0.25) is 11.8 Å². The highest BCUT2D eigenvalue weighted by Crippen LogP contribution is 2.48. The number of nitrogens with zero attached hydrogens (tertiary/aromatic N) is 2. The van der Waals surface area contributed by atoms with Crippen molar-refractivity contribution in [1.82, 2.24) is 9.80 Å². The molecule has 0 aromatic heterocycles. The summed E-state index contributed by atoms with van der Waals surface area (Å²) >= 11 is 0. The average Bonchev–Trinajstić information content (AvgIpc) is 3.07. The molecule has 4 atom stereocenters. The highest BCUT2D eigenvalue weighted by molar-refractivity contribution is 5.99. The van der Waals surface area contributed by atoms with E-state index in [4.69, 9.17) is 9.47 Å². The number of hydrogen-bond donors (Lipinski definition) is 2. The van der Waals surface area contributed by atoms with Gasteiger partial charge in [-0.3, -0.25) is 19.2 Å². The summed E-state index contributed by atoms with van der Waals surface area (Å²) in [7, 11) is 3.03. The molecular formula is C38H38N2O8. The lowest BCUT2D eigenvalue weighted by atomic mass is 9.55. The molecule has 0 radical (unpaired) electrons. The normalized spacial score (nSPS) is 18.2. The summed E-state index contributed by atoms with van der Waals surface area (Å²) in [6, 6.07) is 33.8. The molecule has 1 saturated carbocycles. The van der Waals surface area contributed by atoms with Crippen LogP contribution in [0.1, 0.15) is 22.3 Å². The largest absolute Gasteiger partial charge is 0.489 e. The third-order valence-corrected chi connectivity index (χ3v) is 8.62. The maximum atomic E-state index is 13.7. The number of benzene rings is 4. The van der Waals surface area contributed by atoms with Crippen LogP contribution < -0.4 is 9.47 Å². The van der Waals surface area contributed by atoms with Gasteiger partial charge in [0.1, 0.15) is 24.7 Å². The lowest BCUT2D eigenvalue weighted by Gasteiger charge is -2.47. The maximum absolute atomic E-state index is 13.7. The summed E-state index contributed by atoms with van der Waals surface area (Å²) < 4.78 is 11.7. The zero-order valence-corrected chi connectivity index (χ0v) is 26.8. The van der Waals surface area contributed by atoms with E-state index in [2.05, 4.69) is 0 Å². The quantitative estimate of drug-likeness (QED) is 0.192. The Labute approximate surface area is 279 Å². The van der Waals surface area contributed by atoms with E-state index in [9.17, 15) is 29.4 Å². The van der Waals surface area contributed by atoms with E-state index in [0.717, 1.165) is 22.3 Å². The molecule has 10 nitrogen and oxygen atoms in total. The second-order valence-corrected chi connectivity index (χ2v) is 12.0. The van der Waals surface area contributed by atoms with Crippen molar-refractivity contribution in [2.24, 2.45) is 23.7 Å². The van der Waals surface area contributed by atoms with Gasteiger partial charge in [0.05, 0.1) is 23.7 Å². The van der Waals surface area contributed by atoms with E-state index < -0.39 is 47.4 Å². The van der Waals surface area contributed by atoms with E-state index in [1.807, 2.05) is 60.7 Å². The zero-order valence-electron chi connectivity index (χ0n) is 26.8. The van der Waals surface area contributed by atoms with Gasteiger partial charge >= 0.3 is 11.9 Å². The van der Waals surface area contributed by atoms with Crippen LogP contribution in [0.5, 0.6) is 11.5 Å². The van der Waals surface area contributed by atoms with Crippen LogP contribution in [0.3, 0.4) is 0 Å². The van der Waals surface area contributed by atoms with E-state index in [1.54, 1.807) is 48.5 Å². The van der Waals surface area contributed by atoms with Gasteiger partial charge in [-0.15, -0.1) is 0 Å². The fourth-order valence-corrected chi connectivity index (χ4v) is 6.05. The first kappa shape index (κ1) is 33.7. The van der Waals surface area contributed by atoms with Crippen molar-refractivity contribution in [1.29, 1.82) is 0 Å². The van der Waals surface area contributed by atoms with Gasteiger partial charge in [-0.05, 0) is 46.5 Å². The third-order valence-electron chi connectivity index (χ3n) is 8.62. The van der Waals surface area contributed by atoms with Crippen molar-refractivity contribution < 1.29 is 38.9 Å². The van der Waals surface area contributed by atoms with Crippen molar-refractivity contribution in [3.63, 3.8) is 0 Å². The molecule has 1 fully saturated rings. The van der Waals surface area contributed by atoms with Crippen LogP contribution in [-0.4, -0.2) is 57.9 Å². The van der Waals surface area contributed by atoms with E-state index in [-0.39, 0.29) is 13.1 Å². The summed E-state index contributed by atoms with van der Waals surface area (Å²) in [6.45, 7) is 1.07. The molecule has 1 aliphatic carbocycles. The molecule has 0 saturated heterocycles. The number of carboxylic acids is 2. The summed E-state index contributed by atoms with van der Waals surface area (Å²) in [5, 5.41) is 19.9. The second-order valence-electron chi connectivity index (χ2n) is 12.0. The van der Waals surface area contributed by atoms with Crippen LogP contribution in [0.25, 0.3) is 0 Å². The molecule has 248 valence electrons. The highest BCUT2D eigenvalue weighted by Gasteiger charge is 2.64. The first-order chi connectivity index (χ1) is 23.1. The van der Waals surface area contributed by atoms with Crippen molar-refractivity contribution in [3.05, 3.63) is 131 Å². The molecule has 0 heterocycles. The summed E-state index contributed by atoms with van der Waals surface area (Å²) in [6.07, 6.45) is 0. The van der Waals surface area contributed by atoms with Crippen LogP contribution in [0.2, 0.25) is 0 Å². The Bertz CT molecular complexity index is 1580. The SMILES string of the molecule is CN(Cc1ccc(OCc2ccccc2)cc1)C(=O)[C@H]1[C@@H](C(=O)O)[C@H](C(=O)O)[C@@H]1C(=O)N(C)Cc1ccc(OCc2ccccc2)cc1. The van der Waals surface area contributed by atoms with Gasteiger partial charge in [0.25, 0.3) is 0 Å². The lowest BCUT2D eigenvalue weighted by molar-refractivity contribution is -0.187. The lowest BCUT2D eigenvalue weighted by Crippen LogP contribution is -2.63. The Balaban J connectivity index is 1.22. The minimum Gasteiger partial charge on any atom is -0.489 e. The Morgan fingerprint density at radius 2 is 0.833 bits per heavy atom. The van der Waals surface area contributed by atoms with Gasteiger partial charge in [-0.2, -0.15) is 0 Å². The van der Waals surface area contributed by atoms with Crippen LogP contribution in [0.15, 0.2) is 109 Å². The third kappa shape index (κ3) is 8.01. The Morgan fingerprint density at radius 1 is 0.500 bits per heavy atom. The number of hydrogen-bond acceptors (Lipinski definition) is 6. The van der Waals surface area contributed by atoms with Crippen molar-refractivity contribution >= 4 is 23.8 Å². The van der Waals surface area contributed by atoms with Crippen LogP contribution in [0.4, 0.5) is 0 Å². The average molecular weight is 651 g/mol. The number of ether oxygens (including phenoxy) is 2.